The van der Waals surface area contributed by atoms with Gasteiger partial charge in [0.15, 0.2) is 0 Å². The second-order valence-electron chi connectivity index (χ2n) is 3.03. The molecule has 2 heteroatoms. The highest BCUT2D eigenvalue weighted by molar-refractivity contribution is 5.88. The minimum Gasteiger partial charge on any atom is -0.329 e. The lowest BCUT2D eigenvalue weighted by Gasteiger charge is -2.17. The summed E-state index contributed by atoms with van der Waals surface area (Å²) in [5.74, 6) is -0.0431. The molecule has 0 fully saturated rings. The van der Waals surface area contributed by atoms with Gasteiger partial charge in [0.25, 0.3) is 0 Å². The molecule has 2 nitrogen and oxygen atoms in total. The third kappa shape index (κ3) is 1.93. The van der Waals surface area contributed by atoms with E-state index in [1.165, 1.54) is 0 Å². The summed E-state index contributed by atoms with van der Waals surface area (Å²) >= 11 is 0. The number of hydrogen-bond acceptors (Lipinski definition) is 1. The quantitative estimate of drug-likeness (QED) is 0.606. The topological polar surface area (TPSA) is 29.1 Å². The van der Waals surface area contributed by atoms with Crippen LogP contribution < -0.4 is 5.32 Å². The fourth-order valence-electron chi connectivity index (χ4n) is 0.920. The van der Waals surface area contributed by atoms with E-state index >= 15 is 0 Å². The third-order valence-electron chi connectivity index (χ3n) is 2.07. The van der Waals surface area contributed by atoms with E-state index in [4.69, 9.17) is 0 Å². The lowest BCUT2D eigenvalue weighted by molar-refractivity contribution is -0.115. The highest BCUT2D eigenvalue weighted by atomic mass is 16.1. The number of hydrogen-bond donors (Lipinski definition) is 1. The normalized spacial score (nSPS) is 29.8. The molecular formula is C9H13NO. The molecular weight excluding hydrogens is 138 g/mol. The Hall–Kier alpha value is -1.05. The fourth-order valence-corrected chi connectivity index (χ4v) is 0.920. The van der Waals surface area contributed by atoms with Gasteiger partial charge in [-0.05, 0) is 6.42 Å². The molecule has 0 saturated heterocycles. The molecule has 0 bridgehead atoms. The van der Waals surface area contributed by atoms with Crippen LogP contribution in [0.5, 0.6) is 0 Å². The van der Waals surface area contributed by atoms with Crippen LogP contribution in [0.25, 0.3) is 0 Å². The van der Waals surface area contributed by atoms with Crippen LogP contribution in [0.4, 0.5) is 0 Å². The molecule has 11 heavy (non-hydrogen) atoms. The largest absolute Gasteiger partial charge is 0.329 e. The first-order chi connectivity index (χ1) is 5.16. The Morgan fingerprint density at radius 3 is 2.91 bits per heavy atom. The molecule has 1 unspecified atom stereocenters. The van der Waals surface area contributed by atoms with Crippen LogP contribution in [-0.2, 0) is 4.79 Å². The van der Waals surface area contributed by atoms with Gasteiger partial charge in [0, 0.05) is 17.7 Å². The van der Waals surface area contributed by atoms with E-state index in [9.17, 15) is 4.79 Å². The van der Waals surface area contributed by atoms with Gasteiger partial charge in [-0.2, -0.15) is 0 Å². The smallest absolute Gasteiger partial charge is 0.247 e. The number of amides is 1. The first-order valence-electron chi connectivity index (χ1n) is 3.84. The summed E-state index contributed by atoms with van der Waals surface area (Å²) < 4.78 is 0. The Kier molecular flexibility index (Phi) is 2.13. The maximum Gasteiger partial charge on any atom is 0.247 e. The summed E-state index contributed by atoms with van der Waals surface area (Å²) in [7, 11) is 0. The molecule has 0 saturated carbocycles. The molecule has 1 heterocycles. The van der Waals surface area contributed by atoms with E-state index in [-0.39, 0.29) is 11.3 Å². The second kappa shape index (κ2) is 2.91. The van der Waals surface area contributed by atoms with Crippen molar-refractivity contribution < 1.29 is 4.79 Å². The Bertz CT molecular complexity index is 218. The van der Waals surface area contributed by atoms with Gasteiger partial charge in [-0.1, -0.05) is 26.0 Å². The first kappa shape index (κ1) is 8.05. The molecule has 0 spiro atoms. The van der Waals surface area contributed by atoms with Crippen molar-refractivity contribution in [3.05, 3.63) is 24.4 Å². The van der Waals surface area contributed by atoms with Gasteiger partial charge in [0.2, 0.25) is 5.91 Å². The zero-order chi connectivity index (χ0) is 8.32. The summed E-state index contributed by atoms with van der Waals surface area (Å²) in [6, 6.07) is 0. The second-order valence-corrected chi connectivity index (χ2v) is 3.03. The SMILES string of the molecule is CCC1(C)C=CNC(=O)C=C1. The van der Waals surface area contributed by atoms with E-state index in [1.54, 1.807) is 12.3 Å². The van der Waals surface area contributed by atoms with Crippen molar-refractivity contribution in [2.75, 3.05) is 0 Å². The molecule has 1 rings (SSSR count). The summed E-state index contributed by atoms with van der Waals surface area (Å²) in [6.07, 6.45) is 8.25. The fraction of sp³-hybridized carbons (Fsp3) is 0.444. The van der Waals surface area contributed by atoms with Crippen LogP contribution in [0.2, 0.25) is 0 Å². The van der Waals surface area contributed by atoms with E-state index in [0.29, 0.717) is 0 Å². The monoisotopic (exact) mass is 151 g/mol. The molecule has 1 aliphatic heterocycles. The summed E-state index contributed by atoms with van der Waals surface area (Å²) in [4.78, 5) is 10.8. The summed E-state index contributed by atoms with van der Waals surface area (Å²) in [5.41, 5.74) is 0.0408. The average molecular weight is 151 g/mol. The zero-order valence-corrected chi connectivity index (χ0v) is 6.92. The Labute approximate surface area is 67.0 Å². The molecule has 1 atom stereocenters. The van der Waals surface area contributed by atoms with Crippen LogP contribution in [0, 0.1) is 5.41 Å². The number of allylic oxidation sites excluding steroid dienone is 2. The van der Waals surface area contributed by atoms with Gasteiger partial charge in [-0.3, -0.25) is 4.79 Å². The van der Waals surface area contributed by atoms with Crippen LogP contribution in [0.1, 0.15) is 20.3 Å². The van der Waals surface area contributed by atoms with E-state index in [0.717, 1.165) is 6.42 Å². The van der Waals surface area contributed by atoms with E-state index < -0.39 is 0 Å². The Morgan fingerprint density at radius 1 is 1.55 bits per heavy atom. The van der Waals surface area contributed by atoms with Gasteiger partial charge in [0.1, 0.15) is 0 Å². The van der Waals surface area contributed by atoms with E-state index in [1.807, 2.05) is 12.2 Å². The van der Waals surface area contributed by atoms with Crippen LogP contribution in [-0.4, -0.2) is 5.91 Å². The maximum atomic E-state index is 10.8. The molecule has 0 aromatic carbocycles. The van der Waals surface area contributed by atoms with E-state index in [2.05, 4.69) is 19.2 Å². The zero-order valence-electron chi connectivity index (χ0n) is 6.92. The summed E-state index contributed by atoms with van der Waals surface area (Å²) in [6.45, 7) is 4.20. The number of carbonyl (C=O) groups is 1. The Balaban J connectivity index is 2.84. The summed E-state index contributed by atoms with van der Waals surface area (Å²) in [5, 5.41) is 2.63. The molecule has 1 aliphatic rings. The van der Waals surface area contributed by atoms with Gasteiger partial charge < -0.3 is 5.32 Å². The Morgan fingerprint density at radius 2 is 2.27 bits per heavy atom. The van der Waals surface area contributed by atoms with Gasteiger partial charge in [-0.25, -0.2) is 0 Å². The van der Waals surface area contributed by atoms with Crippen molar-refractivity contribution >= 4 is 5.91 Å². The van der Waals surface area contributed by atoms with Crippen molar-refractivity contribution in [3.63, 3.8) is 0 Å². The number of rotatable bonds is 1. The standard InChI is InChI=1S/C9H13NO/c1-3-9(2)5-4-8(11)10-7-6-9/h4-7H,3H2,1-2H3,(H,10,11). The van der Waals surface area contributed by atoms with Gasteiger partial charge in [0.05, 0.1) is 0 Å². The highest BCUT2D eigenvalue weighted by Crippen LogP contribution is 2.25. The average Bonchev–Trinajstić information content (AvgIpc) is 2.15. The number of nitrogens with one attached hydrogen (secondary N) is 1. The lowest BCUT2D eigenvalue weighted by atomic mass is 9.87. The predicted molar refractivity (Wildman–Crippen MR) is 44.8 cm³/mol. The van der Waals surface area contributed by atoms with Crippen molar-refractivity contribution in [1.29, 1.82) is 0 Å². The van der Waals surface area contributed by atoms with Crippen LogP contribution in [0.3, 0.4) is 0 Å². The van der Waals surface area contributed by atoms with Crippen LogP contribution >= 0.6 is 0 Å². The number of carbonyl (C=O) groups excluding carboxylic acids is 1. The van der Waals surface area contributed by atoms with Crippen LogP contribution in [0.15, 0.2) is 24.4 Å². The highest BCUT2D eigenvalue weighted by Gasteiger charge is 2.16. The molecule has 0 aromatic heterocycles. The molecule has 0 radical (unpaired) electrons. The van der Waals surface area contributed by atoms with Crippen molar-refractivity contribution in [3.8, 4) is 0 Å². The van der Waals surface area contributed by atoms with Crippen molar-refractivity contribution in [2.45, 2.75) is 20.3 Å². The lowest BCUT2D eigenvalue weighted by Crippen LogP contribution is -2.11. The molecule has 0 aliphatic carbocycles. The minimum absolute atomic E-state index is 0.0408. The third-order valence-corrected chi connectivity index (χ3v) is 2.07. The predicted octanol–water partition coefficient (Wildman–Crippen LogP) is 1.60. The first-order valence-corrected chi connectivity index (χ1v) is 3.84. The molecule has 60 valence electrons. The molecule has 0 aromatic rings. The molecule has 1 N–H and O–H groups in total. The van der Waals surface area contributed by atoms with Crippen molar-refractivity contribution in [1.82, 2.24) is 5.32 Å². The molecule has 1 amide bonds. The van der Waals surface area contributed by atoms with Gasteiger partial charge >= 0.3 is 0 Å². The van der Waals surface area contributed by atoms with Gasteiger partial charge in [-0.15, -0.1) is 0 Å². The van der Waals surface area contributed by atoms with Crippen molar-refractivity contribution in [2.24, 2.45) is 5.41 Å². The minimum atomic E-state index is -0.0431. The maximum absolute atomic E-state index is 10.8.